The summed E-state index contributed by atoms with van der Waals surface area (Å²) in [6.07, 6.45) is 9.76. The van der Waals surface area contributed by atoms with Crippen molar-refractivity contribution in [2.45, 2.75) is 71.3 Å². The molecular formula is C23H32O5. The van der Waals surface area contributed by atoms with Gasteiger partial charge in [0.05, 0.1) is 0 Å². The Morgan fingerprint density at radius 2 is 1.86 bits per heavy atom. The lowest BCUT2D eigenvalue weighted by molar-refractivity contribution is -0.171. The molecule has 4 aliphatic rings. The highest BCUT2D eigenvalue weighted by molar-refractivity contribution is 5.91. The Morgan fingerprint density at radius 1 is 1.14 bits per heavy atom. The van der Waals surface area contributed by atoms with Gasteiger partial charge < -0.3 is 9.84 Å². The molecule has 154 valence electrons. The van der Waals surface area contributed by atoms with Gasteiger partial charge in [-0.25, -0.2) is 0 Å². The average Bonchev–Trinajstić information content (AvgIpc) is 2.92. The third-order valence-electron chi connectivity index (χ3n) is 9.06. The minimum atomic E-state index is -1.41. The number of carbonyl (C=O) groups is 3. The molecule has 0 aromatic heterocycles. The van der Waals surface area contributed by atoms with Crippen LogP contribution in [0.1, 0.15) is 65.7 Å². The van der Waals surface area contributed by atoms with Gasteiger partial charge in [0.2, 0.25) is 5.78 Å². The molecule has 0 aromatic rings. The lowest BCUT2D eigenvalue weighted by Gasteiger charge is -2.59. The van der Waals surface area contributed by atoms with Gasteiger partial charge in [0, 0.05) is 18.8 Å². The molecule has 0 amide bonds. The zero-order valence-electron chi connectivity index (χ0n) is 17.2. The van der Waals surface area contributed by atoms with Crippen molar-refractivity contribution in [3.8, 4) is 0 Å². The van der Waals surface area contributed by atoms with Crippen LogP contribution in [0.5, 0.6) is 0 Å². The van der Waals surface area contributed by atoms with Crippen LogP contribution in [0.3, 0.4) is 0 Å². The van der Waals surface area contributed by atoms with E-state index in [1.165, 1.54) is 6.92 Å². The molecule has 1 unspecified atom stereocenters. The zero-order valence-corrected chi connectivity index (χ0v) is 17.2. The van der Waals surface area contributed by atoms with Gasteiger partial charge in [0.15, 0.2) is 12.4 Å². The molecule has 3 saturated carbocycles. The van der Waals surface area contributed by atoms with Crippen LogP contribution >= 0.6 is 0 Å². The summed E-state index contributed by atoms with van der Waals surface area (Å²) in [4.78, 5) is 35.9. The summed E-state index contributed by atoms with van der Waals surface area (Å²) in [5.41, 5.74) is -1.84. The standard InChI is InChI=1S/C23H32O5/c1-14(24)28-13-20(26)23(27)11-8-19-17-5-4-15-12-16(25)6-9-21(15,2)18(17)7-10-22(19,23)3/h6,9,15,17-19,27H,4-5,7-8,10-13H2,1-3H3/t15?,17-,18+,19+,21+,22+,23+/m1/s1. The first-order valence-electron chi connectivity index (χ1n) is 10.7. The highest BCUT2D eigenvalue weighted by Gasteiger charge is 2.66. The molecule has 3 fully saturated rings. The topological polar surface area (TPSA) is 80.7 Å². The fraction of sp³-hybridized carbons (Fsp3) is 0.783. The quantitative estimate of drug-likeness (QED) is 0.751. The second-order valence-electron chi connectivity index (χ2n) is 10.1. The fourth-order valence-electron chi connectivity index (χ4n) is 7.40. The fourth-order valence-corrected chi connectivity index (χ4v) is 7.40. The lowest BCUT2D eigenvalue weighted by Crippen LogP contribution is -2.58. The van der Waals surface area contributed by atoms with Gasteiger partial charge in [-0.1, -0.05) is 19.9 Å². The summed E-state index contributed by atoms with van der Waals surface area (Å²) in [7, 11) is 0. The number of hydrogen-bond donors (Lipinski definition) is 1. The van der Waals surface area contributed by atoms with Crippen LogP contribution in [0.2, 0.25) is 0 Å². The first-order chi connectivity index (χ1) is 13.1. The average molecular weight is 389 g/mol. The summed E-state index contributed by atoms with van der Waals surface area (Å²) >= 11 is 0. The number of ketones is 2. The first kappa shape index (κ1) is 19.8. The van der Waals surface area contributed by atoms with Gasteiger partial charge in [-0.2, -0.15) is 0 Å². The SMILES string of the molecule is CC(=O)OCC(=O)[C@@]1(O)CC[C@H]2[C@@H]3CCC4CC(=O)C=C[C@]4(C)[C@H]3CC[C@@]21C. The van der Waals surface area contributed by atoms with Crippen molar-refractivity contribution < 1.29 is 24.2 Å². The van der Waals surface area contributed by atoms with Crippen molar-refractivity contribution in [1.29, 1.82) is 0 Å². The monoisotopic (exact) mass is 388 g/mol. The smallest absolute Gasteiger partial charge is 0.303 e. The maximum Gasteiger partial charge on any atom is 0.303 e. The van der Waals surface area contributed by atoms with Gasteiger partial charge in [-0.05, 0) is 73.7 Å². The van der Waals surface area contributed by atoms with Crippen LogP contribution in [-0.4, -0.2) is 34.9 Å². The van der Waals surface area contributed by atoms with E-state index in [0.29, 0.717) is 36.5 Å². The number of ether oxygens (including phenoxy) is 1. The van der Waals surface area contributed by atoms with Crippen LogP contribution in [0.4, 0.5) is 0 Å². The number of fused-ring (bicyclic) bond motifs is 5. The number of allylic oxidation sites excluding steroid dienone is 2. The Hall–Kier alpha value is -1.49. The van der Waals surface area contributed by atoms with Crippen LogP contribution in [0.15, 0.2) is 12.2 Å². The van der Waals surface area contributed by atoms with E-state index in [9.17, 15) is 19.5 Å². The van der Waals surface area contributed by atoms with Gasteiger partial charge in [-0.15, -0.1) is 0 Å². The molecule has 0 heterocycles. The Labute approximate surface area is 166 Å². The van der Waals surface area contributed by atoms with Crippen LogP contribution < -0.4 is 0 Å². The molecule has 0 aliphatic heterocycles. The van der Waals surface area contributed by atoms with E-state index in [4.69, 9.17) is 4.74 Å². The highest BCUT2D eigenvalue weighted by atomic mass is 16.5. The second-order valence-corrected chi connectivity index (χ2v) is 10.1. The van der Waals surface area contributed by atoms with Gasteiger partial charge >= 0.3 is 5.97 Å². The van der Waals surface area contributed by atoms with Crippen molar-refractivity contribution >= 4 is 17.5 Å². The molecule has 1 N–H and O–H groups in total. The van der Waals surface area contributed by atoms with E-state index in [0.717, 1.165) is 32.1 Å². The molecule has 5 nitrogen and oxygen atoms in total. The minimum Gasteiger partial charge on any atom is -0.458 e. The number of esters is 1. The van der Waals surface area contributed by atoms with Crippen molar-refractivity contribution in [3.63, 3.8) is 0 Å². The number of hydrogen-bond acceptors (Lipinski definition) is 5. The molecule has 0 bridgehead atoms. The van der Waals surface area contributed by atoms with E-state index in [-0.39, 0.29) is 23.6 Å². The zero-order chi connectivity index (χ0) is 20.3. The van der Waals surface area contributed by atoms with Crippen molar-refractivity contribution in [2.75, 3.05) is 6.61 Å². The molecule has 0 radical (unpaired) electrons. The largest absolute Gasteiger partial charge is 0.458 e. The van der Waals surface area contributed by atoms with Crippen molar-refractivity contribution in [2.24, 2.45) is 34.5 Å². The highest BCUT2D eigenvalue weighted by Crippen LogP contribution is 2.67. The van der Waals surface area contributed by atoms with Gasteiger partial charge in [0.1, 0.15) is 5.60 Å². The molecule has 7 atom stereocenters. The number of carbonyl (C=O) groups excluding carboxylic acids is 3. The third-order valence-corrected chi connectivity index (χ3v) is 9.06. The van der Waals surface area contributed by atoms with Crippen molar-refractivity contribution in [3.05, 3.63) is 12.2 Å². The summed E-state index contributed by atoms with van der Waals surface area (Å²) in [6.45, 7) is 5.32. The van der Waals surface area contributed by atoms with Crippen LogP contribution in [-0.2, 0) is 19.1 Å². The predicted molar refractivity (Wildman–Crippen MR) is 103 cm³/mol. The Morgan fingerprint density at radius 3 is 2.57 bits per heavy atom. The summed E-state index contributed by atoms with van der Waals surface area (Å²) in [5, 5.41) is 11.4. The first-order valence-corrected chi connectivity index (χ1v) is 10.7. The number of Topliss-reactive ketones (excluding diaryl/α,β-unsaturated/α-hetero) is 1. The molecule has 4 aliphatic carbocycles. The molecule has 5 heteroatoms. The van der Waals surface area contributed by atoms with E-state index >= 15 is 0 Å². The van der Waals surface area contributed by atoms with Gasteiger partial charge in [-0.3, -0.25) is 14.4 Å². The lowest BCUT2D eigenvalue weighted by atomic mass is 9.45. The number of aliphatic hydroxyl groups is 1. The van der Waals surface area contributed by atoms with Gasteiger partial charge in [0.25, 0.3) is 0 Å². The summed E-state index contributed by atoms with van der Waals surface area (Å²) in [5.74, 6) is 1.07. The van der Waals surface area contributed by atoms with E-state index in [1.54, 1.807) is 6.08 Å². The second kappa shape index (κ2) is 6.51. The maximum absolute atomic E-state index is 12.8. The molecule has 0 aromatic carbocycles. The predicted octanol–water partition coefficient (Wildman–Crippen LogP) is 3.24. The maximum atomic E-state index is 12.8. The molecular weight excluding hydrogens is 356 g/mol. The molecule has 0 saturated heterocycles. The molecule has 0 spiro atoms. The molecule has 28 heavy (non-hydrogen) atoms. The summed E-state index contributed by atoms with van der Waals surface area (Å²) < 4.78 is 4.92. The van der Waals surface area contributed by atoms with Crippen molar-refractivity contribution in [1.82, 2.24) is 0 Å². The third kappa shape index (κ3) is 2.65. The van der Waals surface area contributed by atoms with Crippen LogP contribution in [0, 0.1) is 34.5 Å². The van der Waals surface area contributed by atoms with E-state index in [1.807, 2.05) is 0 Å². The Kier molecular flexibility index (Phi) is 4.61. The number of rotatable bonds is 3. The normalized spacial score (nSPS) is 47.1. The Balaban J connectivity index is 1.60. The molecule has 4 rings (SSSR count). The minimum absolute atomic E-state index is 0.0423. The Bertz CT molecular complexity index is 741. The summed E-state index contributed by atoms with van der Waals surface area (Å²) in [6, 6.07) is 0. The van der Waals surface area contributed by atoms with E-state index < -0.39 is 17.0 Å². The van der Waals surface area contributed by atoms with Crippen LogP contribution in [0.25, 0.3) is 0 Å². The van der Waals surface area contributed by atoms with E-state index in [2.05, 4.69) is 19.9 Å².